The zero-order valence-corrected chi connectivity index (χ0v) is 12.0. The molecule has 5 heteroatoms. The lowest BCUT2D eigenvalue weighted by Crippen LogP contribution is -2.42. The van der Waals surface area contributed by atoms with Crippen molar-refractivity contribution in [2.75, 3.05) is 13.1 Å². The van der Waals surface area contributed by atoms with Crippen molar-refractivity contribution in [3.8, 4) is 0 Å². The number of rotatable bonds is 7. The molecule has 0 radical (unpaired) electrons. The second kappa shape index (κ2) is 8.19. The number of carboxylic acids is 1. The van der Waals surface area contributed by atoms with Gasteiger partial charge in [0, 0.05) is 13.1 Å². The van der Waals surface area contributed by atoms with Crippen molar-refractivity contribution in [2.45, 2.75) is 32.7 Å². The van der Waals surface area contributed by atoms with Crippen molar-refractivity contribution in [1.29, 1.82) is 0 Å². The quantitative estimate of drug-likeness (QED) is 0.805. The van der Waals surface area contributed by atoms with Crippen LogP contribution >= 0.6 is 0 Å². The molecule has 1 unspecified atom stereocenters. The Morgan fingerprint density at radius 2 is 1.90 bits per heavy atom. The Morgan fingerprint density at radius 1 is 1.25 bits per heavy atom. The molecule has 1 rings (SSSR count). The van der Waals surface area contributed by atoms with E-state index in [1.165, 1.54) is 4.90 Å². The van der Waals surface area contributed by atoms with Crippen LogP contribution in [0.4, 0.5) is 4.79 Å². The van der Waals surface area contributed by atoms with Gasteiger partial charge < -0.3 is 15.3 Å². The number of hydrogen-bond donors (Lipinski definition) is 2. The first kappa shape index (κ1) is 16.0. The summed E-state index contributed by atoms with van der Waals surface area (Å²) in [4.78, 5) is 24.2. The molecule has 1 atom stereocenters. The molecule has 2 amide bonds. The Labute approximate surface area is 119 Å². The summed E-state index contributed by atoms with van der Waals surface area (Å²) in [5.74, 6) is -0.897. The SMILES string of the molecule is CCC(NC(=O)N(CC)CCC(=O)O)c1ccccc1. The Hall–Kier alpha value is -2.04. The molecule has 1 aromatic carbocycles. The summed E-state index contributed by atoms with van der Waals surface area (Å²) >= 11 is 0. The Morgan fingerprint density at radius 3 is 2.40 bits per heavy atom. The fourth-order valence-corrected chi connectivity index (χ4v) is 1.98. The number of urea groups is 1. The maximum absolute atomic E-state index is 12.2. The molecule has 0 aliphatic heterocycles. The van der Waals surface area contributed by atoms with Crippen molar-refractivity contribution >= 4 is 12.0 Å². The molecule has 0 bridgehead atoms. The lowest BCUT2D eigenvalue weighted by molar-refractivity contribution is -0.137. The monoisotopic (exact) mass is 278 g/mol. The van der Waals surface area contributed by atoms with E-state index in [4.69, 9.17) is 5.11 Å². The van der Waals surface area contributed by atoms with Crippen LogP contribution in [0.1, 0.15) is 38.3 Å². The zero-order valence-electron chi connectivity index (χ0n) is 12.0. The fourth-order valence-electron chi connectivity index (χ4n) is 1.98. The summed E-state index contributed by atoms with van der Waals surface area (Å²) in [5.41, 5.74) is 1.05. The van der Waals surface area contributed by atoms with E-state index in [0.717, 1.165) is 12.0 Å². The summed E-state index contributed by atoms with van der Waals surface area (Å²) < 4.78 is 0. The number of carboxylic acid groups (broad SMARTS) is 1. The molecular formula is C15H22N2O3. The van der Waals surface area contributed by atoms with Crippen LogP contribution in [0.25, 0.3) is 0 Å². The average molecular weight is 278 g/mol. The number of nitrogens with zero attached hydrogens (tertiary/aromatic N) is 1. The molecule has 0 spiro atoms. The molecule has 110 valence electrons. The molecule has 0 aliphatic carbocycles. The van der Waals surface area contributed by atoms with Crippen molar-refractivity contribution in [3.05, 3.63) is 35.9 Å². The van der Waals surface area contributed by atoms with Crippen LogP contribution in [-0.4, -0.2) is 35.1 Å². The topological polar surface area (TPSA) is 69.6 Å². The molecule has 20 heavy (non-hydrogen) atoms. The van der Waals surface area contributed by atoms with Gasteiger partial charge in [-0.15, -0.1) is 0 Å². The molecule has 0 saturated carbocycles. The number of amides is 2. The predicted octanol–water partition coefficient (Wildman–Crippen LogP) is 2.64. The molecule has 5 nitrogen and oxygen atoms in total. The lowest BCUT2D eigenvalue weighted by Gasteiger charge is -2.25. The number of carbonyl (C=O) groups is 2. The van der Waals surface area contributed by atoms with Gasteiger partial charge in [0.15, 0.2) is 0 Å². The van der Waals surface area contributed by atoms with E-state index in [-0.39, 0.29) is 25.0 Å². The first-order valence-electron chi connectivity index (χ1n) is 6.90. The highest BCUT2D eigenvalue weighted by Crippen LogP contribution is 2.16. The van der Waals surface area contributed by atoms with Crippen LogP contribution in [0.2, 0.25) is 0 Å². The van der Waals surface area contributed by atoms with Gasteiger partial charge >= 0.3 is 12.0 Å². The Kier molecular flexibility index (Phi) is 6.56. The highest BCUT2D eigenvalue weighted by Gasteiger charge is 2.17. The molecule has 0 saturated heterocycles. The van der Waals surface area contributed by atoms with Gasteiger partial charge in [-0.2, -0.15) is 0 Å². The van der Waals surface area contributed by atoms with E-state index < -0.39 is 5.97 Å². The van der Waals surface area contributed by atoms with Crippen LogP contribution in [0.5, 0.6) is 0 Å². The second-order valence-corrected chi connectivity index (χ2v) is 4.54. The van der Waals surface area contributed by atoms with Gasteiger partial charge in [-0.25, -0.2) is 4.79 Å². The molecule has 1 aromatic rings. The van der Waals surface area contributed by atoms with Crippen LogP contribution in [0.15, 0.2) is 30.3 Å². The summed E-state index contributed by atoms with van der Waals surface area (Å²) in [7, 11) is 0. The highest BCUT2D eigenvalue weighted by atomic mass is 16.4. The van der Waals surface area contributed by atoms with Crippen molar-refractivity contribution in [3.63, 3.8) is 0 Å². The largest absolute Gasteiger partial charge is 0.481 e. The first-order chi connectivity index (χ1) is 9.58. The summed E-state index contributed by atoms with van der Waals surface area (Å²) in [6, 6.07) is 9.48. The van der Waals surface area contributed by atoms with E-state index in [1.807, 2.05) is 44.2 Å². The zero-order chi connectivity index (χ0) is 15.0. The van der Waals surface area contributed by atoms with Crippen molar-refractivity contribution in [1.82, 2.24) is 10.2 Å². The molecule has 0 aromatic heterocycles. The van der Waals surface area contributed by atoms with E-state index in [1.54, 1.807) is 0 Å². The Balaban J connectivity index is 2.63. The highest BCUT2D eigenvalue weighted by molar-refractivity contribution is 5.75. The summed E-state index contributed by atoms with van der Waals surface area (Å²) in [5, 5.41) is 11.6. The third kappa shape index (κ3) is 4.91. The number of aliphatic carboxylic acids is 1. The molecule has 0 fully saturated rings. The third-order valence-electron chi connectivity index (χ3n) is 3.17. The van der Waals surface area contributed by atoms with Gasteiger partial charge in [0.2, 0.25) is 0 Å². The molecular weight excluding hydrogens is 256 g/mol. The first-order valence-corrected chi connectivity index (χ1v) is 6.90. The van der Waals surface area contributed by atoms with Crippen LogP contribution in [0.3, 0.4) is 0 Å². The number of carbonyl (C=O) groups excluding carboxylic acids is 1. The fraction of sp³-hybridized carbons (Fsp3) is 0.467. The minimum absolute atomic E-state index is 0.0383. The molecule has 0 aliphatic rings. The van der Waals surface area contributed by atoms with Gasteiger partial charge in [0.1, 0.15) is 0 Å². The Bertz CT molecular complexity index is 434. The standard InChI is InChI=1S/C15H22N2O3/c1-3-13(12-8-6-5-7-9-12)16-15(20)17(4-2)11-10-14(18)19/h5-9,13H,3-4,10-11H2,1-2H3,(H,16,20)(H,18,19). The number of hydrogen-bond acceptors (Lipinski definition) is 2. The van der Waals surface area contributed by atoms with Gasteiger partial charge in [-0.3, -0.25) is 4.79 Å². The number of benzene rings is 1. The smallest absolute Gasteiger partial charge is 0.317 e. The van der Waals surface area contributed by atoms with Crippen LogP contribution in [-0.2, 0) is 4.79 Å². The van der Waals surface area contributed by atoms with Gasteiger partial charge in [-0.1, -0.05) is 37.3 Å². The van der Waals surface area contributed by atoms with Crippen molar-refractivity contribution in [2.24, 2.45) is 0 Å². The maximum atomic E-state index is 12.2. The molecule has 0 heterocycles. The summed E-state index contributed by atoms with van der Waals surface area (Å²) in [6.45, 7) is 4.56. The third-order valence-corrected chi connectivity index (χ3v) is 3.17. The number of nitrogens with one attached hydrogen (secondary N) is 1. The lowest BCUT2D eigenvalue weighted by atomic mass is 10.1. The minimum atomic E-state index is -0.897. The predicted molar refractivity (Wildman–Crippen MR) is 77.5 cm³/mol. The summed E-state index contributed by atoms with van der Waals surface area (Å²) in [6.07, 6.45) is 0.746. The average Bonchev–Trinajstić information content (AvgIpc) is 2.46. The van der Waals surface area contributed by atoms with E-state index in [2.05, 4.69) is 5.32 Å². The van der Waals surface area contributed by atoms with Crippen LogP contribution in [0, 0.1) is 0 Å². The maximum Gasteiger partial charge on any atom is 0.317 e. The van der Waals surface area contributed by atoms with Gasteiger partial charge in [0.05, 0.1) is 12.5 Å². The van der Waals surface area contributed by atoms with Crippen LogP contribution < -0.4 is 5.32 Å². The van der Waals surface area contributed by atoms with E-state index in [0.29, 0.717) is 6.54 Å². The van der Waals surface area contributed by atoms with Gasteiger partial charge in [-0.05, 0) is 18.9 Å². The second-order valence-electron chi connectivity index (χ2n) is 4.54. The van der Waals surface area contributed by atoms with Gasteiger partial charge in [0.25, 0.3) is 0 Å². The van der Waals surface area contributed by atoms with E-state index >= 15 is 0 Å². The van der Waals surface area contributed by atoms with Crippen molar-refractivity contribution < 1.29 is 14.7 Å². The van der Waals surface area contributed by atoms with E-state index in [9.17, 15) is 9.59 Å². The minimum Gasteiger partial charge on any atom is -0.481 e. The normalized spacial score (nSPS) is 11.7. The molecule has 2 N–H and O–H groups in total.